The number of anilines is 1. The maximum absolute atomic E-state index is 3.62. The lowest BCUT2D eigenvalue weighted by molar-refractivity contribution is 0.421. The van der Waals surface area contributed by atoms with Crippen LogP contribution in [0.3, 0.4) is 0 Å². The summed E-state index contributed by atoms with van der Waals surface area (Å²) in [6, 6.07) is 12.7. The van der Waals surface area contributed by atoms with E-state index in [1.165, 1.54) is 24.2 Å². The molecule has 0 saturated heterocycles. The quantitative estimate of drug-likeness (QED) is 0.790. The zero-order chi connectivity index (χ0) is 14.7. The van der Waals surface area contributed by atoms with Crippen LogP contribution in [0.2, 0.25) is 0 Å². The number of benzene rings is 1. The van der Waals surface area contributed by atoms with Gasteiger partial charge < -0.3 is 9.88 Å². The molecule has 0 amide bonds. The number of allylic oxidation sites excluding steroid dienone is 2. The molecule has 0 radical (unpaired) electrons. The molecule has 21 heavy (non-hydrogen) atoms. The monoisotopic (exact) mass is 280 g/mol. The van der Waals surface area contributed by atoms with Gasteiger partial charge in [-0.15, -0.1) is 0 Å². The third kappa shape index (κ3) is 3.57. The highest BCUT2D eigenvalue weighted by Crippen LogP contribution is 2.28. The van der Waals surface area contributed by atoms with Crippen LogP contribution in [-0.2, 0) is 0 Å². The van der Waals surface area contributed by atoms with Gasteiger partial charge in [0, 0.05) is 30.3 Å². The average molecular weight is 280 g/mol. The van der Waals surface area contributed by atoms with E-state index in [0.29, 0.717) is 0 Å². The second-order valence-corrected chi connectivity index (χ2v) is 6.32. The molecular formula is C19H24N2. The van der Waals surface area contributed by atoms with Crippen molar-refractivity contribution in [3.05, 3.63) is 60.4 Å². The first-order valence-electron chi connectivity index (χ1n) is 7.85. The molecule has 3 rings (SSSR count). The molecule has 110 valence electrons. The third-order valence-electron chi connectivity index (χ3n) is 4.23. The van der Waals surface area contributed by atoms with Gasteiger partial charge in [0.15, 0.2) is 0 Å². The Kier molecular flexibility index (Phi) is 4.14. The summed E-state index contributed by atoms with van der Waals surface area (Å²) >= 11 is 0. The van der Waals surface area contributed by atoms with Gasteiger partial charge in [-0.1, -0.05) is 24.6 Å². The van der Waals surface area contributed by atoms with Crippen molar-refractivity contribution in [1.82, 2.24) is 4.57 Å². The lowest BCUT2D eigenvalue weighted by atomic mass is 9.84. The van der Waals surface area contributed by atoms with Crippen molar-refractivity contribution in [2.75, 3.05) is 11.9 Å². The average Bonchev–Trinajstić information content (AvgIpc) is 2.99. The van der Waals surface area contributed by atoms with Crippen molar-refractivity contribution >= 4 is 5.69 Å². The van der Waals surface area contributed by atoms with E-state index in [4.69, 9.17) is 0 Å². The molecular weight excluding hydrogens is 256 g/mol. The predicted octanol–water partition coefficient (Wildman–Crippen LogP) is 4.88. The van der Waals surface area contributed by atoms with Crippen molar-refractivity contribution in [1.29, 1.82) is 0 Å². The molecule has 0 fully saturated rings. The minimum absolute atomic E-state index is 0.719. The Hall–Kier alpha value is -1.96. The van der Waals surface area contributed by atoms with Gasteiger partial charge in [0.25, 0.3) is 0 Å². The van der Waals surface area contributed by atoms with Crippen LogP contribution < -0.4 is 5.32 Å². The van der Waals surface area contributed by atoms with E-state index in [2.05, 4.69) is 78.6 Å². The Morgan fingerprint density at radius 2 is 2.00 bits per heavy atom. The maximum atomic E-state index is 3.62. The topological polar surface area (TPSA) is 17.0 Å². The number of aromatic nitrogens is 1. The number of hydrogen-bond donors (Lipinski definition) is 1. The summed E-state index contributed by atoms with van der Waals surface area (Å²) in [6.07, 6.45) is 9.10. The van der Waals surface area contributed by atoms with Gasteiger partial charge in [-0.2, -0.15) is 0 Å². The normalized spacial score (nSPS) is 21.9. The van der Waals surface area contributed by atoms with Crippen molar-refractivity contribution < 1.29 is 0 Å². The second-order valence-electron chi connectivity index (χ2n) is 6.32. The molecule has 1 aromatic carbocycles. The number of hydrogen-bond acceptors (Lipinski definition) is 1. The second kappa shape index (κ2) is 6.21. The SMILES string of the molecule is CC1=CC(C)CC(CNc2cccc(-n3cccc3)c2)C1. The van der Waals surface area contributed by atoms with Gasteiger partial charge in [-0.05, 0) is 61.9 Å². The Morgan fingerprint density at radius 3 is 2.76 bits per heavy atom. The van der Waals surface area contributed by atoms with Crippen LogP contribution in [0, 0.1) is 11.8 Å². The largest absolute Gasteiger partial charge is 0.385 e. The molecule has 2 unspecified atom stereocenters. The van der Waals surface area contributed by atoms with Gasteiger partial charge in [-0.25, -0.2) is 0 Å². The van der Waals surface area contributed by atoms with Crippen LogP contribution in [-0.4, -0.2) is 11.1 Å². The molecule has 1 aromatic heterocycles. The minimum Gasteiger partial charge on any atom is -0.385 e. The van der Waals surface area contributed by atoms with Crippen LogP contribution in [0.1, 0.15) is 26.7 Å². The van der Waals surface area contributed by atoms with Crippen LogP contribution >= 0.6 is 0 Å². The summed E-state index contributed by atoms with van der Waals surface area (Å²) in [6.45, 7) is 5.64. The summed E-state index contributed by atoms with van der Waals surface area (Å²) in [5, 5.41) is 3.62. The van der Waals surface area contributed by atoms with E-state index in [1.54, 1.807) is 5.57 Å². The summed E-state index contributed by atoms with van der Waals surface area (Å²) in [7, 11) is 0. The highest BCUT2D eigenvalue weighted by atomic mass is 14.9. The van der Waals surface area contributed by atoms with E-state index in [-0.39, 0.29) is 0 Å². The fourth-order valence-electron chi connectivity index (χ4n) is 3.39. The number of rotatable bonds is 4. The first-order valence-corrected chi connectivity index (χ1v) is 7.85. The molecule has 0 spiro atoms. The van der Waals surface area contributed by atoms with E-state index >= 15 is 0 Å². The molecule has 0 aliphatic heterocycles. The molecule has 2 atom stereocenters. The molecule has 1 heterocycles. The van der Waals surface area contributed by atoms with Crippen molar-refractivity contribution in [2.24, 2.45) is 11.8 Å². The summed E-state index contributed by atoms with van der Waals surface area (Å²) in [4.78, 5) is 0. The highest BCUT2D eigenvalue weighted by molar-refractivity contribution is 5.51. The molecule has 1 aliphatic carbocycles. The van der Waals surface area contributed by atoms with Crippen molar-refractivity contribution in [2.45, 2.75) is 26.7 Å². The molecule has 1 N–H and O–H groups in total. The van der Waals surface area contributed by atoms with Gasteiger partial charge >= 0.3 is 0 Å². The third-order valence-corrected chi connectivity index (χ3v) is 4.23. The van der Waals surface area contributed by atoms with Crippen molar-refractivity contribution in [3.63, 3.8) is 0 Å². The molecule has 2 aromatic rings. The number of nitrogens with one attached hydrogen (secondary N) is 1. The van der Waals surface area contributed by atoms with E-state index < -0.39 is 0 Å². The Bertz CT molecular complexity index is 610. The molecule has 1 aliphatic rings. The fourth-order valence-corrected chi connectivity index (χ4v) is 3.39. The summed E-state index contributed by atoms with van der Waals surface area (Å²) < 4.78 is 2.14. The Labute approximate surface area is 127 Å². The Balaban J connectivity index is 1.63. The van der Waals surface area contributed by atoms with E-state index in [9.17, 15) is 0 Å². The van der Waals surface area contributed by atoms with E-state index in [1.807, 2.05) is 0 Å². The summed E-state index contributed by atoms with van der Waals surface area (Å²) in [5.74, 6) is 1.47. The van der Waals surface area contributed by atoms with E-state index in [0.717, 1.165) is 18.4 Å². The summed E-state index contributed by atoms with van der Waals surface area (Å²) in [5.41, 5.74) is 3.96. The molecule has 2 heteroatoms. The van der Waals surface area contributed by atoms with Crippen LogP contribution in [0.4, 0.5) is 5.69 Å². The van der Waals surface area contributed by atoms with Crippen molar-refractivity contribution in [3.8, 4) is 5.69 Å². The highest BCUT2D eigenvalue weighted by Gasteiger charge is 2.17. The molecule has 2 nitrogen and oxygen atoms in total. The molecule has 0 bridgehead atoms. The smallest absolute Gasteiger partial charge is 0.0469 e. The lowest BCUT2D eigenvalue weighted by Gasteiger charge is -2.26. The molecule has 0 saturated carbocycles. The predicted molar refractivity (Wildman–Crippen MR) is 89.9 cm³/mol. The van der Waals surface area contributed by atoms with Gasteiger partial charge in [-0.3, -0.25) is 0 Å². The standard InChI is InChI=1S/C19H24N2/c1-15-10-16(2)12-17(11-15)14-20-18-6-5-7-19(13-18)21-8-3-4-9-21/h3-10,13,15,17,20H,11-12,14H2,1-2H3. The minimum atomic E-state index is 0.719. The zero-order valence-electron chi connectivity index (χ0n) is 12.9. The fraction of sp³-hybridized carbons (Fsp3) is 0.368. The van der Waals surface area contributed by atoms with Gasteiger partial charge in [0.05, 0.1) is 0 Å². The van der Waals surface area contributed by atoms with Gasteiger partial charge in [0.2, 0.25) is 0 Å². The first kappa shape index (κ1) is 14.0. The number of nitrogens with zero attached hydrogens (tertiary/aromatic N) is 1. The van der Waals surface area contributed by atoms with Crippen LogP contribution in [0.25, 0.3) is 5.69 Å². The lowest BCUT2D eigenvalue weighted by Crippen LogP contribution is -2.20. The zero-order valence-corrected chi connectivity index (χ0v) is 12.9. The van der Waals surface area contributed by atoms with Crippen LogP contribution in [0.15, 0.2) is 60.4 Å². The Morgan fingerprint density at radius 1 is 1.19 bits per heavy atom. The first-order chi connectivity index (χ1) is 10.2. The maximum Gasteiger partial charge on any atom is 0.0469 e. The van der Waals surface area contributed by atoms with Crippen LogP contribution in [0.5, 0.6) is 0 Å². The van der Waals surface area contributed by atoms with Gasteiger partial charge in [0.1, 0.15) is 0 Å².